The Balaban J connectivity index is 1.73. The van der Waals surface area contributed by atoms with Gasteiger partial charge in [0.2, 0.25) is 5.91 Å². The molecule has 3 heterocycles. The van der Waals surface area contributed by atoms with Crippen LogP contribution in [0.15, 0.2) is 64.7 Å². The summed E-state index contributed by atoms with van der Waals surface area (Å²) in [6.07, 6.45) is 9.01. The first-order valence-electron chi connectivity index (χ1n) is 6.02. The van der Waals surface area contributed by atoms with Gasteiger partial charge in [0, 0.05) is 35.3 Å². The van der Waals surface area contributed by atoms with E-state index in [-0.39, 0.29) is 11.9 Å². The number of pyridine rings is 1. The lowest BCUT2D eigenvalue weighted by Crippen LogP contribution is -2.31. The van der Waals surface area contributed by atoms with Crippen molar-refractivity contribution in [2.45, 2.75) is 6.04 Å². The first kappa shape index (κ1) is 10.3. The number of carbonyl (C=O) groups is 1. The molecule has 92 valence electrons. The monoisotopic (exact) mass is 250 g/mol. The Bertz CT molecular complexity index is 697. The third-order valence-electron chi connectivity index (χ3n) is 3.30. The van der Waals surface area contributed by atoms with E-state index < -0.39 is 0 Å². The largest absolute Gasteiger partial charge is 0.358 e. The van der Waals surface area contributed by atoms with Crippen LogP contribution in [0.25, 0.3) is 0 Å². The lowest BCUT2D eigenvalue weighted by atomic mass is 10.0. The first-order chi connectivity index (χ1) is 9.29. The summed E-state index contributed by atoms with van der Waals surface area (Å²) in [6.45, 7) is 0. The number of rotatable bonds is 1. The van der Waals surface area contributed by atoms with Gasteiger partial charge in [-0.05, 0) is 24.3 Å². The number of amidine groups is 1. The highest BCUT2D eigenvalue weighted by Gasteiger charge is 2.29. The smallest absolute Gasteiger partial charge is 0.249 e. The van der Waals surface area contributed by atoms with Gasteiger partial charge in [0.15, 0.2) is 0 Å². The Hall–Kier alpha value is -2.69. The van der Waals surface area contributed by atoms with Crippen LogP contribution in [0.2, 0.25) is 0 Å². The first-order valence-corrected chi connectivity index (χ1v) is 6.02. The van der Waals surface area contributed by atoms with Crippen molar-refractivity contribution in [1.29, 1.82) is 0 Å². The SMILES string of the molecule is O=C1C=C2C=C3N=C(c4ccncc4)NC3C=C2N1. The zero-order valence-electron chi connectivity index (χ0n) is 9.92. The molecule has 2 aliphatic heterocycles. The molecule has 3 aliphatic rings. The summed E-state index contributed by atoms with van der Waals surface area (Å²) in [5.41, 5.74) is 3.69. The van der Waals surface area contributed by atoms with E-state index in [0.29, 0.717) is 0 Å². The maximum Gasteiger partial charge on any atom is 0.249 e. The maximum atomic E-state index is 11.3. The van der Waals surface area contributed by atoms with Gasteiger partial charge in [-0.2, -0.15) is 0 Å². The van der Waals surface area contributed by atoms with E-state index >= 15 is 0 Å². The fourth-order valence-corrected chi connectivity index (χ4v) is 2.40. The fraction of sp³-hybridized carbons (Fsp3) is 0.0714. The third-order valence-corrected chi connectivity index (χ3v) is 3.30. The van der Waals surface area contributed by atoms with Crippen molar-refractivity contribution in [1.82, 2.24) is 15.6 Å². The van der Waals surface area contributed by atoms with Crippen LogP contribution in [0.3, 0.4) is 0 Å². The number of hydrogen-bond donors (Lipinski definition) is 2. The predicted octanol–water partition coefficient (Wildman–Crippen LogP) is 0.638. The lowest BCUT2D eigenvalue weighted by Gasteiger charge is -2.15. The molecule has 1 aromatic rings. The van der Waals surface area contributed by atoms with E-state index in [4.69, 9.17) is 0 Å². The van der Waals surface area contributed by atoms with Crippen molar-refractivity contribution in [3.8, 4) is 0 Å². The summed E-state index contributed by atoms with van der Waals surface area (Å²) in [4.78, 5) is 19.9. The number of hydrogen-bond acceptors (Lipinski definition) is 4. The average Bonchev–Trinajstić information content (AvgIpc) is 2.98. The number of aromatic nitrogens is 1. The highest BCUT2D eigenvalue weighted by molar-refractivity contribution is 6.02. The molecular formula is C14H10N4O. The molecule has 0 spiro atoms. The molecule has 1 atom stereocenters. The van der Waals surface area contributed by atoms with E-state index in [2.05, 4.69) is 20.6 Å². The van der Waals surface area contributed by atoms with Gasteiger partial charge in [0.05, 0.1) is 11.7 Å². The molecular weight excluding hydrogens is 240 g/mol. The Morgan fingerprint density at radius 2 is 2.00 bits per heavy atom. The molecule has 5 heteroatoms. The molecule has 4 rings (SSSR count). The van der Waals surface area contributed by atoms with Crippen LogP contribution < -0.4 is 10.6 Å². The highest BCUT2D eigenvalue weighted by Crippen LogP contribution is 2.28. The molecule has 1 aliphatic carbocycles. The van der Waals surface area contributed by atoms with E-state index in [0.717, 1.165) is 28.4 Å². The summed E-state index contributed by atoms with van der Waals surface area (Å²) >= 11 is 0. The predicted molar refractivity (Wildman–Crippen MR) is 70.1 cm³/mol. The summed E-state index contributed by atoms with van der Waals surface area (Å²) in [5.74, 6) is 0.763. The minimum atomic E-state index is -0.0728. The van der Waals surface area contributed by atoms with Crippen molar-refractivity contribution in [2.75, 3.05) is 0 Å². The van der Waals surface area contributed by atoms with Gasteiger partial charge in [-0.1, -0.05) is 0 Å². The van der Waals surface area contributed by atoms with E-state index in [1.807, 2.05) is 24.3 Å². The van der Waals surface area contributed by atoms with Gasteiger partial charge < -0.3 is 10.6 Å². The van der Waals surface area contributed by atoms with E-state index in [1.165, 1.54) is 0 Å². The second kappa shape index (κ2) is 3.65. The maximum absolute atomic E-state index is 11.3. The molecule has 0 saturated carbocycles. The van der Waals surface area contributed by atoms with Crippen LogP contribution in [-0.2, 0) is 4.79 Å². The van der Waals surface area contributed by atoms with Crippen LogP contribution in [0.1, 0.15) is 5.56 Å². The molecule has 19 heavy (non-hydrogen) atoms. The molecule has 1 amide bonds. The second-order valence-electron chi connectivity index (χ2n) is 4.56. The number of amides is 1. The molecule has 0 radical (unpaired) electrons. The Kier molecular flexibility index (Phi) is 1.97. The fourth-order valence-electron chi connectivity index (χ4n) is 2.40. The number of fused-ring (bicyclic) bond motifs is 2. The van der Waals surface area contributed by atoms with Gasteiger partial charge in [-0.15, -0.1) is 0 Å². The van der Waals surface area contributed by atoms with Crippen LogP contribution in [0, 0.1) is 0 Å². The van der Waals surface area contributed by atoms with Gasteiger partial charge >= 0.3 is 0 Å². The molecule has 2 N–H and O–H groups in total. The molecule has 0 fully saturated rings. The number of aliphatic imine (C=N–C) groups is 1. The minimum Gasteiger partial charge on any atom is -0.358 e. The van der Waals surface area contributed by atoms with Crippen molar-refractivity contribution in [3.05, 3.63) is 65.3 Å². The number of carbonyl (C=O) groups excluding carboxylic acids is 1. The Labute approximate surface area is 109 Å². The number of nitrogens with one attached hydrogen (secondary N) is 2. The normalized spacial score (nSPS) is 23.4. The van der Waals surface area contributed by atoms with Gasteiger partial charge in [0.25, 0.3) is 0 Å². The van der Waals surface area contributed by atoms with Crippen molar-refractivity contribution < 1.29 is 4.79 Å². The van der Waals surface area contributed by atoms with Crippen LogP contribution >= 0.6 is 0 Å². The summed E-state index contributed by atoms with van der Waals surface area (Å²) < 4.78 is 0. The molecule has 0 saturated heterocycles. The van der Waals surface area contributed by atoms with Gasteiger partial charge in [-0.3, -0.25) is 9.78 Å². The summed E-state index contributed by atoms with van der Waals surface area (Å²) in [7, 11) is 0. The van der Waals surface area contributed by atoms with Crippen molar-refractivity contribution in [2.24, 2.45) is 4.99 Å². The summed E-state index contributed by atoms with van der Waals surface area (Å²) in [6, 6.07) is 3.85. The zero-order chi connectivity index (χ0) is 12.8. The standard InChI is InChI=1S/C14H10N4O/c19-13-6-9-5-11-12(7-10(9)16-13)18-14(17-11)8-1-3-15-4-2-8/h1-7,12H,(H,16,19)(H,17,18). The Morgan fingerprint density at radius 1 is 1.16 bits per heavy atom. The van der Waals surface area contributed by atoms with Crippen LogP contribution in [0.4, 0.5) is 0 Å². The lowest BCUT2D eigenvalue weighted by molar-refractivity contribution is -0.115. The van der Waals surface area contributed by atoms with Crippen molar-refractivity contribution in [3.63, 3.8) is 0 Å². The zero-order valence-corrected chi connectivity index (χ0v) is 9.92. The topological polar surface area (TPSA) is 66.4 Å². The van der Waals surface area contributed by atoms with Crippen LogP contribution in [-0.4, -0.2) is 22.8 Å². The molecule has 5 nitrogen and oxygen atoms in total. The molecule has 1 unspecified atom stereocenters. The van der Waals surface area contributed by atoms with Crippen molar-refractivity contribution >= 4 is 11.7 Å². The minimum absolute atomic E-state index is 0.0220. The van der Waals surface area contributed by atoms with Gasteiger partial charge in [-0.25, -0.2) is 4.99 Å². The summed E-state index contributed by atoms with van der Waals surface area (Å²) in [5, 5.41) is 6.14. The van der Waals surface area contributed by atoms with Gasteiger partial charge in [0.1, 0.15) is 5.84 Å². The average molecular weight is 250 g/mol. The highest BCUT2D eigenvalue weighted by atomic mass is 16.1. The molecule has 0 bridgehead atoms. The Morgan fingerprint density at radius 3 is 2.84 bits per heavy atom. The van der Waals surface area contributed by atoms with E-state index in [9.17, 15) is 4.79 Å². The number of nitrogens with zero attached hydrogens (tertiary/aromatic N) is 2. The molecule has 1 aromatic heterocycles. The van der Waals surface area contributed by atoms with Crippen LogP contribution in [0.5, 0.6) is 0 Å². The molecule has 0 aromatic carbocycles. The van der Waals surface area contributed by atoms with E-state index in [1.54, 1.807) is 18.5 Å². The third kappa shape index (κ3) is 1.59. The second-order valence-corrected chi connectivity index (χ2v) is 4.56. The number of allylic oxidation sites excluding steroid dienone is 1. The quantitative estimate of drug-likeness (QED) is 0.768.